The summed E-state index contributed by atoms with van der Waals surface area (Å²) in [4.78, 5) is 48.9. The van der Waals surface area contributed by atoms with Gasteiger partial charge in [-0.05, 0) is 31.1 Å². The molecule has 21 heteroatoms. The van der Waals surface area contributed by atoms with Crippen molar-refractivity contribution in [2.75, 3.05) is 11.9 Å². The molecule has 5 unspecified atom stereocenters. The first-order valence-corrected chi connectivity index (χ1v) is 16.0. The molecule has 2 bridgehead atoms. The lowest BCUT2D eigenvalue weighted by Gasteiger charge is -2.23. The van der Waals surface area contributed by atoms with Gasteiger partial charge in [0.2, 0.25) is 0 Å². The van der Waals surface area contributed by atoms with Crippen LogP contribution in [0.25, 0.3) is 11.2 Å². The third kappa shape index (κ3) is 6.03. The van der Waals surface area contributed by atoms with Crippen molar-refractivity contribution in [3.8, 4) is 0 Å². The highest BCUT2D eigenvalue weighted by Crippen LogP contribution is 2.66. The lowest BCUT2D eigenvalue weighted by molar-refractivity contribution is -0.0503. The van der Waals surface area contributed by atoms with Crippen molar-refractivity contribution in [2.24, 2.45) is 11.8 Å². The number of aliphatic hydroxyl groups is 2. The minimum atomic E-state index is -5.71. The number of fused-ring (bicyclic) bond motifs is 3. The third-order valence-electron chi connectivity index (χ3n) is 6.85. The molecule has 38 heavy (non-hydrogen) atoms. The van der Waals surface area contributed by atoms with E-state index in [4.69, 9.17) is 14.5 Å². The van der Waals surface area contributed by atoms with E-state index < -0.39 is 54.6 Å². The first-order chi connectivity index (χ1) is 17.7. The van der Waals surface area contributed by atoms with E-state index in [-0.39, 0.29) is 11.7 Å². The number of anilines is 1. The van der Waals surface area contributed by atoms with Crippen LogP contribution < -0.4 is 5.32 Å². The van der Waals surface area contributed by atoms with Gasteiger partial charge in [0.15, 0.2) is 23.2 Å². The van der Waals surface area contributed by atoms with E-state index in [1.54, 1.807) is 0 Å². The molecule has 0 radical (unpaired) electrons. The fraction of sp³-hybridized carbons (Fsp3) is 0.706. The molecule has 2 aromatic rings. The summed E-state index contributed by atoms with van der Waals surface area (Å²) in [6.45, 7) is -0.933. The molecule has 0 amide bonds. The van der Waals surface area contributed by atoms with Gasteiger partial charge in [-0.3, -0.25) is 9.09 Å². The van der Waals surface area contributed by atoms with Gasteiger partial charge in [-0.2, -0.15) is 8.62 Å². The van der Waals surface area contributed by atoms with Gasteiger partial charge in [0.05, 0.1) is 12.9 Å². The Balaban J connectivity index is 1.26. The van der Waals surface area contributed by atoms with Crippen molar-refractivity contribution in [1.29, 1.82) is 0 Å². The van der Waals surface area contributed by atoms with E-state index in [0.717, 1.165) is 12.8 Å². The topological polar surface area (TPSA) is 265 Å². The highest BCUT2D eigenvalue weighted by molar-refractivity contribution is 7.66. The Morgan fingerprint density at radius 3 is 2.42 bits per heavy atom. The number of hydrogen-bond donors (Lipinski definition) is 7. The van der Waals surface area contributed by atoms with Crippen molar-refractivity contribution in [3.05, 3.63) is 12.7 Å². The highest BCUT2D eigenvalue weighted by atomic mass is 31.3. The molecule has 2 aliphatic carbocycles. The van der Waals surface area contributed by atoms with Crippen LogP contribution in [0.15, 0.2) is 12.7 Å². The first-order valence-electron chi connectivity index (χ1n) is 11.5. The van der Waals surface area contributed by atoms with Crippen LogP contribution in [0.5, 0.6) is 0 Å². The maximum Gasteiger partial charge on any atom is 0.490 e. The largest absolute Gasteiger partial charge is 0.490 e. The van der Waals surface area contributed by atoms with Gasteiger partial charge in [0, 0.05) is 6.04 Å². The van der Waals surface area contributed by atoms with Crippen LogP contribution in [0, 0.1) is 11.8 Å². The van der Waals surface area contributed by atoms with Crippen LogP contribution in [0.2, 0.25) is 0 Å². The van der Waals surface area contributed by atoms with Gasteiger partial charge < -0.3 is 39.8 Å². The Bertz CT molecular complexity index is 1340. The number of nitrogens with one attached hydrogen (secondary N) is 1. The lowest BCUT2D eigenvalue weighted by Crippen LogP contribution is -2.33. The zero-order chi connectivity index (χ0) is 27.5. The van der Waals surface area contributed by atoms with E-state index in [9.17, 15) is 33.7 Å². The highest BCUT2D eigenvalue weighted by Gasteiger charge is 2.47. The second-order valence-electron chi connectivity index (χ2n) is 9.41. The molecule has 1 saturated heterocycles. The maximum absolute atomic E-state index is 12.0. The number of imidazole rings is 1. The molecule has 2 saturated carbocycles. The lowest BCUT2D eigenvalue weighted by atomic mass is 9.95. The van der Waals surface area contributed by atoms with Gasteiger partial charge in [0.25, 0.3) is 0 Å². The van der Waals surface area contributed by atoms with Crippen LogP contribution in [0.3, 0.4) is 0 Å². The van der Waals surface area contributed by atoms with Crippen LogP contribution in [0.1, 0.15) is 31.9 Å². The number of aromatic nitrogens is 4. The fourth-order valence-corrected chi connectivity index (χ4v) is 8.34. The van der Waals surface area contributed by atoms with Gasteiger partial charge in [-0.1, -0.05) is 6.42 Å². The SMILES string of the molecule is O=P(O)(O)OP(=O)(O)OP(=O)(O)OC[C@H]1O[C@@H](n2cnc3c(NC4CC5CCC4C5)ncnc32)[C@H](O)[C@@H]1O. The van der Waals surface area contributed by atoms with Gasteiger partial charge in [-0.15, -0.1) is 0 Å². The monoisotopic (exact) mass is 601 g/mol. The smallest absolute Gasteiger partial charge is 0.387 e. The molecule has 1 aliphatic heterocycles. The summed E-state index contributed by atoms with van der Waals surface area (Å²) in [6, 6.07) is 0.270. The summed E-state index contributed by atoms with van der Waals surface area (Å²) in [5, 5.41) is 24.4. The number of hydrogen-bond acceptors (Lipinski definition) is 13. The molecular weight excluding hydrogens is 575 g/mol. The van der Waals surface area contributed by atoms with Crippen LogP contribution in [0.4, 0.5) is 5.82 Å². The molecule has 212 valence electrons. The number of rotatable bonds is 10. The number of ether oxygens (including phenoxy) is 1. The standard InChI is InChI=1S/C17H26N5O13P3/c23-13-11(5-32-37(28,29)35-38(30,31)34-36(25,26)27)33-17(14(13)24)22-7-20-12-15(18-6-19-16(12)22)21-10-4-8-1-2-9(10)3-8/h6-11,13-14,17,23-24H,1-5H2,(H,28,29)(H,30,31)(H,18,19,21)(H2,25,26,27)/t8?,9?,10?,11-,13-,14-,17-/m1/s1. The second-order valence-corrected chi connectivity index (χ2v) is 13.8. The minimum absolute atomic E-state index is 0.270. The molecule has 0 spiro atoms. The van der Waals surface area contributed by atoms with Crippen LogP contribution in [-0.4, -0.2) is 80.3 Å². The molecule has 9 atom stereocenters. The van der Waals surface area contributed by atoms with Crippen molar-refractivity contribution in [1.82, 2.24) is 19.5 Å². The predicted octanol–water partition coefficient (Wildman–Crippen LogP) is 0.389. The maximum atomic E-state index is 12.0. The van der Waals surface area contributed by atoms with Crippen molar-refractivity contribution in [2.45, 2.75) is 56.3 Å². The van der Waals surface area contributed by atoms with E-state index in [2.05, 4.69) is 33.4 Å². The Labute approximate surface area is 214 Å². The molecule has 5 rings (SSSR count). The Hall–Kier alpha value is -1.36. The van der Waals surface area contributed by atoms with E-state index in [0.29, 0.717) is 23.2 Å². The van der Waals surface area contributed by atoms with Gasteiger partial charge >= 0.3 is 23.5 Å². The summed E-state index contributed by atoms with van der Waals surface area (Å²) >= 11 is 0. The molecular formula is C17H26N5O13P3. The number of aliphatic hydroxyl groups excluding tert-OH is 2. The van der Waals surface area contributed by atoms with Crippen molar-refractivity contribution < 1.29 is 61.4 Å². The van der Waals surface area contributed by atoms with Crippen molar-refractivity contribution >= 4 is 40.4 Å². The Morgan fingerprint density at radius 2 is 1.76 bits per heavy atom. The quantitative estimate of drug-likeness (QED) is 0.182. The summed E-state index contributed by atoms with van der Waals surface area (Å²) in [6.07, 6.45) is 1.36. The number of phosphoric acid groups is 3. The van der Waals surface area contributed by atoms with Gasteiger partial charge in [-0.25, -0.2) is 28.6 Å². The third-order valence-corrected chi connectivity index (χ3v) is 10.7. The average molecular weight is 601 g/mol. The number of nitrogens with zero attached hydrogens (tertiary/aromatic N) is 4. The van der Waals surface area contributed by atoms with Crippen LogP contribution in [-0.2, 0) is 31.6 Å². The van der Waals surface area contributed by atoms with Gasteiger partial charge in [0.1, 0.15) is 24.6 Å². The zero-order valence-corrected chi connectivity index (χ0v) is 22.1. The molecule has 0 aromatic carbocycles. The summed E-state index contributed by atoms with van der Waals surface area (Å²) in [5.41, 5.74) is 0.702. The minimum Gasteiger partial charge on any atom is -0.387 e. The molecule has 2 aromatic heterocycles. The Morgan fingerprint density at radius 1 is 1.00 bits per heavy atom. The first kappa shape index (κ1) is 28.2. The second kappa shape index (κ2) is 10.2. The van der Waals surface area contributed by atoms with E-state index in [1.807, 2.05) is 0 Å². The molecule has 7 N–H and O–H groups in total. The van der Waals surface area contributed by atoms with E-state index >= 15 is 0 Å². The fourth-order valence-electron chi connectivity index (χ4n) is 5.31. The molecule has 3 aliphatic rings. The summed E-state index contributed by atoms with van der Waals surface area (Å²) in [7, 11) is -16.7. The Kier molecular flexibility index (Phi) is 7.59. The predicted molar refractivity (Wildman–Crippen MR) is 124 cm³/mol. The van der Waals surface area contributed by atoms with Crippen molar-refractivity contribution in [3.63, 3.8) is 0 Å². The number of phosphoric ester groups is 1. The molecule has 18 nitrogen and oxygen atoms in total. The van der Waals surface area contributed by atoms with E-state index in [1.165, 1.54) is 30.1 Å². The molecule has 3 fully saturated rings. The summed E-state index contributed by atoms with van der Waals surface area (Å²) < 4.78 is 52.9. The average Bonchev–Trinajstić information content (AvgIpc) is 3.56. The molecule has 3 heterocycles. The van der Waals surface area contributed by atoms with Crippen LogP contribution >= 0.6 is 23.5 Å². The zero-order valence-electron chi connectivity index (χ0n) is 19.4. The summed E-state index contributed by atoms with van der Waals surface area (Å²) in [5.74, 6) is 1.79. The normalized spacial score (nSPS) is 34.4.